The Hall–Kier alpha value is -1.94. The van der Waals surface area contributed by atoms with E-state index in [9.17, 15) is 4.79 Å². The van der Waals surface area contributed by atoms with Crippen molar-refractivity contribution in [2.24, 2.45) is 0 Å². The summed E-state index contributed by atoms with van der Waals surface area (Å²) in [6.07, 6.45) is -0.447. The third-order valence-electron chi connectivity index (χ3n) is 2.52. The molecule has 19 heavy (non-hydrogen) atoms. The number of benzene rings is 2. The summed E-state index contributed by atoms with van der Waals surface area (Å²) in [6.45, 7) is 0. The van der Waals surface area contributed by atoms with Crippen LogP contribution in [0.3, 0.4) is 0 Å². The topological polar surface area (TPSA) is 38.3 Å². The number of thioether (sulfide) groups is 1. The van der Waals surface area contributed by atoms with Gasteiger partial charge in [0, 0.05) is 23.3 Å². The third-order valence-corrected chi connectivity index (χ3v) is 3.58. The Morgan fingerprint density at radius 3 is 2.53 bits per heavy atom. The maximum atomic E-state index is 11.3. The minimum absolute atomic E-state index is 0.447. The maximum Gasteiger partial charge on any atom is 0.412 e. The lowest BCUT2D eigenvalue weighted by molar-refractivity contribution is 0.202. The normalized spacial score (nSPS) is 9.95. The summed E-state index contributed by atoms with van der Waals surface area (Å²) in [5.74, 6) is 1.36. The van der Waals surface area contributed by atoms with Gasteiger partial charge in [-0.1, -0.05) is 36.4 Å². The number of carbonyl (C=O) groups is 1. The monoisotopic (exact) mass is 273 g/mol. The molecule has 2 aromatic rings. The SMILES string of the molecule is CNC(=O)Oc1ccccc1CSc1ccccc1. The first kappa shape index (κ1) is 13.5. The number of rotatable bonds is 4. The van der Waals surface area contributed by atoms with Gasteiger partial charge in [0.05, 0.1) is 0 Å². The smallest absolute Gasteiger partial charge is 0.410 e. The second-order valence-electron chi connectivity index (χ2n) is 3.85. The van der Waals surface area contributed by atoms with E-state index >= 15 is 0 Å². The van der Waals surface area contributed by atoms with Gasteiger partial charge in [0.25, 0.3) is 0 Å². The molecule has 1 amide bonds. The number of hydrogen-bond acceptors (Lipinski definition) is 3. The highest BCUT2D eigenvalue weighted by atomic mass is 32.2. The number of amides is 1. The van der Waals surface area contributed by atoms with Gasteiger partial charge in [0.2, 0.25) is 0 Å². The molecule has 0 aliphatic heterocycles. The van der Waals surface area contributed by atoms with Crippen LogP contribution in [0.2, 0.25) is 0 Å². The Bertz CT molecular complexity index is 543. The Balaban J connectivity index is 2.05. The molecular weight excluding hydrogens is 258 g/mol. The fourth-order valence-corrected chi connectivity index (χ4v) is 2.46. The summed E-state index contributed by atoms with van der Waals surface area (Å²) in [5, 5.41) is 2.45. The minimum Gasteiger partial charge on any atom is -0.410 e. The Morgan fingerprint density at radius 1 is 1.11 bits per heavy atom. The molecule has 0 aliphatic rings. The molecule has 0 saturated heterocycles. The van der Waals surface area contributed by atoms with E-state index in [2.05, 4.69) is 17.4 Å². The van der Waals surface area contributed by atoms with Crippen molar-refractivity contribution in [3.8, 4) is 5.75 Å². The molecule has 4 heteroatoms. The summed E-state index contributed by atoms with van der Waals surface area (Å²) in [7, 11) is 1.55. The molecule has 98 valence electrons. The zero-order chi connectivity index (χ0) is 13.5. The summed E-state index contributed by atoms with van der Waals surface area (Å²) in [4.78, 5) is 12.5. The highest BCUT2D eigenvalue weighted by molar-refractivity contribution is 7.98. The van der Waals surface area contributed by atoms with Crippen molar-refractivity contribution < 1.29 is 9.53 Å². The molecule has 0 bridgehead atoms. The molecule has 0 unspecified atom stereocenters. The third kappa shape index (κ3) is 4.03. The molecule has 0 saturated carbocycles. The van der Waals surface area contributed by atoms with Crippen LogP contribution in [-0.2, 0) is 5.75 Å². The van der Waals surface area contributed by atoms with Crippen LogP contribution in [0, 0.1) is 0 Å². The van der Waals surface area contributed by atoms with Crippen molar-refractivity contribution in [3.63, 3.8) is 0 Å². The lowest BCUT2D eigenvalue weighted by Crippen LogP contribution is -2.22. The van der Waals surface area contributed by atoms with Crippen molar-refractivity contribution in [1.29, 1.82) is 0 Å². The van der Waals surface area contributed by atoms with Gasteiger partial charge in [-0.3, -0.25) is 0 Å². The predicted molar refractivity (Wildman–Crippen MR) is 77.5 cm³/mol. The minimum atomic E-state index is -0.447. The molecule has 0 aromatic heterocycles. The molecular formula is C15H15NO2S. The quantitative estimate of drug-likeness (QED) is 0.863. The second-order valence-corrected chi connectivity index (χ2v) is 4.90. The van der Waals surface area contributed by atoms with E-state index in [-0.39, 0.29) is 0 Å². The molecule has 0 radical (unpaired) electrons. The van der Waals surface area contributed by atoms with Gasteiger partial charge >= 0.3 is 6.09 Å². The average molecular weight is 273 g/mol. The summed E-state index contributed by atoms with van der Waals surface area (Å²) in [6, 6.07) is 17.7. The first-order valence-corrected chi connectivity index (χ1v) is 6.93. The number of nitrogens with one attached hydrogen (secondary N) is 1. The highest BCUT2D eigenvalue weighted by Gasteiger charge is 2.07. The van der Waals surface area contributed by atoms with E-state index in [0.29, 0.717) is 5.75 Å². The van der Waals surface area contributed by atoms with E-state index in [1.807, 2.05) is 36.4 Å². The molecule has 0 spiro atoms. The molecule has 1 N–H and O–H groups in total. The van der Waals surface area contributed by atoms with Crippen molar-refractivity contribution in [1.82, 2.24) is 5.32 Å². The fraction of sp³-hybridized carbons (Fsp3) is 0.133. The van der Waals surface area contributed by atoms with Crippen molar-refractivity contribution in [2.45, 2.75) is 10.6 Å². The maximum absolute atomic E-state index is 11.3. The van der Waals surface area contributed by atoms with Gasteiger partial charge in [0.15, 0.2) is 0 Å². The zero-order valence-electron chi connectivity index (χ0n) is 10.6. The zero-order valence-corrected chi connectivity index (χ0v) is 11.4. The van der Waals surface area contributed by atoms with Gasteiger partial charge in [-0.25, -0.2) is 4.79 Å². The lowest BCUT2D eigenvalue weighted by atomic mass is 10.2. The van der Waals surface area contributed by atoms with Crippen molar-refractivity contribution in [2.75, 3.05) is 7.05 Å². The van der Waals surface area contributed by atoms with Crippen LogP contribution < -0.4 is 10.1 Å². The van der Waals surface area contributed by atoms with Gasteiger partial charge in [0.1, 0.15) is 5.75 Å². The molecule has 0 atom stereocenters. The van der Waals surface area contributed by atoms with E-state index in [4.69, 9.17) is 4.74 Å². The highest BCUT2D eigenvalue weighted by Crippen LogP contribution is 2.27. The molecule has 3 nitrogen and oxygen atoms in total. The van der Waals surface area contributed by atoms with Crippen LogP contribution in [0.1, 0.15) is 5.56 Å². The van der Waals surface area contributed by atoms with Crippen LogP contribution in [0.5, 0.6) is 5.75 Å². The first-order chi connectivity index (χ1) is 9.29. The van der Waals surface area contributed by atoms with Crippen molar-refractivity contribution in [3.05, 3.63) is 60.2 Å². The van der Waals surface area contributed by atoms with E-state index in [1.165, 1.54) is 4.90 Å². The standard InChI is InChI=1S/C15H15NO2S/c1-16-15(17)18-14-10-6-5-7-12(14)11-19-13-8-3-2-4-9-13/h2-10H,11H2,1H3,(H,16,17). The van der Waals surface area contributed by atoms with Crippen LogP contribution in [-0.4, -0.2) is 13.1 Å². The summed E-state index contributed by atoms with van der Waals surface area (Å²) >= 11 is 1.71. The fourth-order valence-electron chi connectivity index (χ4n) is 1.55. The Kier molecular flexibility index (Phi) is 4.86. The van der Waals surface area contributed by atoms with Gasteiger partial charge in [-0.15, -0.1) is 11.8 Å². The number of carbonyl (C=O) groups excluding carboxylic acids is 1. The van der Waals surface area contributed by atoms with Crippen LogP contribution >= 0.6 is 11.8 Å². The van der Waals surface area contributed by atoms with E-state index in [0.717, 1.165) is 11.3 Å². The lowest BCUT2D eigenvalue weighted by Gasteiger charge is -2.09. The molecule has 0 aliphatic carbocycles. The molecule has 0 fully saturated rings. The first-order valence-electron chi connectivity index (χ1n) is 5.95. The van der Waals surface area contributed by atoms with E-state index in [1.54, 1.807) is 24.9 Å². The van der Waals surface area contributed by atoms with Gasteiger partial charge in [-0.2, -0.15) is 0 Å². The summed E-state index contributed by atoms with van der Waals surface area (Å²) < 4.78 is 5.22. The Labute approximate surface area is 117 Å². The summed E-state index contributed by atoms with van der Waals surface area (Å²) in [5.41, 5.74) is 1.000. The van der Waals surface area contributed by atoms with Crippen LogP contribution in [0.25, 0.3) is 0 Å². The number of hydrogen-bond donors (Lipinski definition) is 1. The van der Waals surface area contributed by atoms with E-state index < -0.39 is 6.09 Å². The average Bonchev–Trinajstić information content (AvgIpc) is 2.47. The van der Waals surface area contributed by atoms with Gasteiger partial charge in [-0.05, 0) is 18.2 Å². The van der Waals surface area contributed by atoms with Crippen LogP contribution in [0.4, 0.5) is 4.79 Å². The number of para-hydroxylation sites is 1. The second kappa shape index (κ2) is 6.85. The Morgan fingerprint density at radius 2 is 1.79 bits per heavy atom. The number of ether oxygens (including phenoxy) is 1. The van der Waals surface area contributed by atoms with Crippen molar-refractivity contribution >= 4 is 17.9 Å². The molecule has 2 aromatic carbocycles. The van der Waals surface area contributed by atoms with Gasteiger partial charge < -0.3 is 10.1 Å². The molecule has 0 heterocycles. The molecule has 2 rings (SSSR count). The van der Waals surface area contributed by atoms with Crippen LogP contribution in [0.15, 0.2) is 59.5 Å². The predicted octanol–water partition coefficient (Wildman–Crippen LogP) is 3.70. The largest absolute Gasteiger partial charge is 0.412 e.